The molecule has 0 amide bonds. The average molecular weight is 862 g/mol. The zero-order chi connectivity index (χ0) is 47.4. The number of nitrogens with zero attached hydrogens (tertiary/aromatic N) is 2. The summed E-state index contributed by atoms with van der Waals surface area (Å²) in [5.41, 5.74) is 15.6. The fourth-order valence-corrected chi connectivity index (χ4v) is 8.88. The molecule has 4 nitrogen and oxygen atoms in total. The smallest absolute Gasteiger partial charge is 0.119 e. The van der Waals surface area contributed by atoms with E-state index in [1.807, 2.05) is 74.5 Å². The van der Waals surface area contributed by atoms with Gasteiger partial charge in [-0.25, -0.2) is 0 Å². The highest BCUT2D eigenvalue weighted by Crippen LogP contribution is 2.41. The summed E-state index contributed by atoms with van der Waals surface area (Å²) < 4.78 is 0. The van der Waals surface area contributed by atoms with Gasteiger partial charge in [-0.05, 0) is 105 Å². The predicted molar refractivity (Wildman–Crippen MR) is 286 cm³/mol. The van der Waals surface area contributed by atoms with E-state index < -0.39 is 0 Å². The zero-order valence-electron chi connectivity index (χ0n) is 36.6. The van der Waals surface area contributed by atoms with E-state index in [4.69, 9.17) is 79.4 Å². The van der Waals surface area contributed by atoms with Crippen molar-refractivity contribution in [2.45, 2.75) is 13.8 Å². The average Bonchev–Trinajstić information content (AvgIpc) is 3.34. The molecular weight excluding hydrogens is 831 g/mol. The summed E-state index contributed by atoms with van der Waals surface area (Å²) in [4.78, 5) is 9.45. The number of benzene rings is 7. The summed E-state index contributed by atoms with van der Waals surface area (Å²) in [7, 11) is 48.9. The molecule has 2 aromatic heterocycles. The fourth-order valence-electron chi connectivity index (χ4n) is 8.64. The van der Waals surface area contributed by atoms with Gasteiger partial charge in [-0.15, -0.1) is 21.9 Å². The van der Waals surface area contributed by atoms with Gasteiger partial charge in [-0.3, -0.25) is 9.97 Å². The second-order valence-corrected chi connectivity index (χ2v) is 16.9. The number of hydrogen-bond acceptors (Lipinski definition) is 4. The molecule has 0 fully saturated rings. The van der Waals surface area contributed by atoms with Crippen molar-refractivity contribution in [3.8, 4) is 101 Å². The molecule has 0 aliphatic rings. The van der Waals surface area contributed by atoms with Crippen LogP contribution in [0.15, 0.2) is 140 Å². The van der Waals surface area contributed by atoms with Crippen LogP contribution in [0.5, 0.6) is 11.5 Å². The number of aromatic nitrogens is 2. The predicted octanol–water partition coefficient (Wildman–Crippen LogP) is 4.84. The maximum Gasteiger partial charge on any atom is 0.119 e. The summed E-state index contributed by atoms with van der Waals surface area (Å²) >= 11 is 6.94. The van der Waals surface area contributed by atoms with Crippen LogP contribution < -0.4 is 43.7 Å². The van der Waals surface area contributed by atoms with Gasteiger partial charge in [0.15, 0.2) is 0 Å². The third kappa shape index (κ3) is 8.27. The third-order valence-corrected chi connectivity index (χ3v) is 12.6. The molecule has 0 spiro atoms. The van der Waals surface area contributed by atoms with E-state index in [1.54, 1.807) is 12.4 Å². The lowest BCUT2D eigenvalue weighted by molar-refractivity contribution is 0.460. The van der Waals surface area contributed by atoms with Crippen molar-refractivity contribution >= 4 is 118 Å². The molecule has 67 heavy (non-hydrogen) atoms. The molecule has 0 aliphatic carbocycles. The van der Waals surface area contributed by atoms with Crippen LogP contribution in [-0.4, -0.2) is 83.0 Å². The highest BCUT2D eigenvalue weighted by atomic mass is 35.5. The lowest BCUT2D eigenvalue weighted by Gasteiger charge is -2.22. The minimum Gasteiger partial charge on any atom is -0.508 e. The molecule has 16 radical (unpaired) electrons. The molecule has 0 bridgehead atoms. The SMILES string of the molecule is [B]c1c([B])c([B])c(-c2cnc(-c3ccc(-c4ccccc4-c4cc(Cl)cc(-c5ccccc5-c5ccc(-c6cc(C)c(-c7c(O)c([B])c([B])c([B])c7O)cn6)cc5)c4)cc3)cc2C)c([B])c1[B]. The Hall–Kier alpha value is -6.75. The first kappa shape index (κ1) is 45.4. The number of pyridine rings is 2. The third-order valence-electron chi connectivity index (χ3n) is 12.4. The standard InChI is InChI=1S/C54H31B8ClN2O2/c1-26-19-41(64-24-39(26)43-45(55)47(57)49(59)48(58)46(43)56)30-15-11-28(12-16-30)35-7-3-5-9-37(35)32-21-33(23-34(63)22-32)38-10-6-4-8-36(38)29-13-17-31(18-14-29)42-20-27(2)40(25-65-42)44-53(66)51(61)50(60)52(62)54(44)67/h3-25,66-67H,1-2H3. The number of aryl methyl sites for hydroxylation is 2. The fraction of sp³-hybridized carbons (Fsp3) is 0.0370. The number of phenolic OH excluding ortho intramolecular Hbond substituents is 2. The van der Waals surface area contributed by atoms with E-state index >= 15 is 0 Å². The number of hydrogen-bond donors (Lipinski definition) is 2. The molecule has 300 valence electrons. The molecule has 2 N–H and O–H groups in total. The normalized spacial score (nSPS) is 11.2. The molecule has 0 saturated heterocycles. The van der Waals surface area contributed by atoms with Gasteiger partial charge in [0.2, 0.25) is 0 Å². The largest absolute Gasteiger partial charge is 0.508 e. The van der Waals surface area contributed by atoms with E-state index in [9.17, 15) is 10.2 Å². The van der Waals surface area contributed by atoms with Gasteiger partial charge in [0.1, 0.15) is 74.3 Å². The quantitative estimate of drug-likeness (QED) is 0.215. The number of phenols is 2. The van der Waals surface area contributed by atoms with Crippen LogP contribution in [0.25, 0.3) is 89.3 Å². The lowest BCUT2D eigenvalue weighted by atomic mass is 9.59. The summed E-state index contributed by atoms with van der Waals surface area (Å²) in [5.74, 6) is -0.707. The molecule has 2 heterocycles. The molecule has 0 saturated carbocycles. The van der Waals surface area contributed by atoms with Crippen molar-refractivity contribution in [1.82, 2.24) is 9.97 Å². The van der Waals surface area contributed by atoms with E-state index in [0.29, 0.717) is 21.8 Å². The summed E-state index contributed by atoms with van der Waals surface area (Å²) in [5, 5.41) is 22.2. The monoisotopic (exact) mass is 862 g/mol. The Bertz CT molecular complexity index is 3170. The van der Waals surface area contributed by atoms with Gasteiger partial charge < -0.3 is 10.2 Å². The number of aromatic hydroxyl groups is 2. The van der Waals surface area contributed by atoms with E-state index in [-0.39, 0.29) is 60.8 Å². The molecule has 13 heteroatoms. The van der Waals surface area contributed by atoms with Gasteiger partial charge in [0, 0.05) is 39.7 Å². The van der Waals surface area contributed by atoms with Gasteiger partial charge in [-0.2, -0.15) is 0 Å². The van der Waals surface area contributed by atoms with Crippen molar-refractivity contribution in [3.05, 3.63) is 156 Å². The molecule has 7 aromatic carbocycles. The second-order valence-electron chi connectivity index (χ2n) is 16.5. The maximum atomic E-state index is 10.8. The molecule has 0 unspecified atom stereocenters. The van der Waals surface area contributed by atoms with Gasteiger partial charge in [0.05, 0.1) is 17.0 Å². The summed E-state index contributed by atoms with van der Waals surface area (Å²) in [6.45, 7) is 3.82. The van der Waals surface area contributed by atoms with Crippen LogP contribution in [-0.2, 0) is 0 Å². The van der Waals surface area contributed by atoms with Crippen LogP contribution in [0.4, 0.5) is 0 Å². The van der Waals surface area contributed by atoms with Crippen LogP contribution >= 0.6 is 11.6 Å². The molecule has 9 aromatic rings. The first-order valence-corrected chi connectivity index (χ1v) is 21.5. The van der Waals surface area contributed by atoms with Gasteiger partial charge >= 0.3 is 0 Å². The topological polar surface area (TPSA) is 66.2 Å². The maximum absolute atomic E-state index is 10.8. The van der Waals surface area contributed by atoms with Crippen molar-refractivity contribution in [2.75, 3.05) is 0 Å². The highest BCUT2D eigenvalue weighted by molar-refractivity contribution is 6.68. The molecule has 9 rings (SSSR count). The Morgan fingerprint density at radius 2 is 0.687 bits per heavy atom. The lowest BCUT2D eigenvalue weighted by Crippen LogP contribution is -2.55. The van der Waals surface area contributed by atoms with Crippen molar-refractivity contribution in [3.63, 3.8) is 0 Å². The highest BCUT2D eigenvalue weighted by Gasteiger charge is 2.21. The molecule has 0 aliphatic heterocycles. The van der Waals surface area contributed by atoms with Crippen molar-refractivity contribution in [1.29, 1.82) is 0 Å². The Kier molecular flexibility index (Phi) is 12.3. The molecular formula is C54H31B8ClN2O2. The van der Waals surface area contributed by atoms with E-state index in [2.05, 4.69) is 71.7 Å². The first-order chi connectivity index (χ1) is 32.1. The number of halogens is 1. The Morgan fingerprint density at radius 3 is 1.07 bits per heavy atom. The van der Waals surface area contributed by atoms with Crippen molar-refractivity contribution < 1.29 is 10.2 Å². The van der Waals surface area contributed by atoms with E-state index in [0.717, 1.165) is 78.0 Å². The van der Waals surface area contributed by atoms with Crippen LogP contribution in [0, 0.1) is 13.8 Å². The number of rotatable bonds is 8. The first-order valence-electron chi connectivity index (χ1n) is 21.2. The zero-order valence-corrected chi connectivity index (χ0v) is 37.3. The van der Waals surface area contributed by atoms with Crippen LogP contribution in [0.3, 0.4) is 0 Å². The second kappa shape index (κ2) is 18.1. The van der Waals surface area contributed by atoms with Gasteiger partial charge in [0.25, 0.3) is 0 Å². The Balaban J connectivity index is 0.995. The minimum atomic E-state index is -0.354. The van der Waals surface area contributed by atoms with Crippen molar-refractivity contribution in [2.24, 2.45) is 0 Å². The summed E-state index contributed by atoms with van der Waals surface area (Å²) in [6.07, 6.45) is 3.31. The minimum absolute atomic E-state index is 0.0784. The van der Waals surface area contributed by atoms with Crippen LogP contribution in [0.2, 0.25) is 5.02 Å². The van der Waals surface area contributed by atoms with Gasteiger partial charge in [-0.1, -0.05) is 131 Å². The van der Waals surface area contributed by atoms with Crippen LogP contribution in [0.1, 0.15) is 11.1 Å². The van der Waals surface area contributed by atoms with E-state index in [1.165, 1.54) is 0 Å². The summed E-state index contributed by atoms with van der Waals surface area (Å²) in [6, 6.07) is 43.0. The Labute approximate surface area is 406 Å². The Morgan fingerprint density at radius 1 is 0.358 bits per heavy atom. The molecule has 0 atom stereocenters.